The second-order valence-electron chi connectivity index (χ2n) is 4.51. The molecular weight excluding hydrogens is 270 g/mol. The fraction of sp³-hybridized carbons (Fsp3) is 0.286. The van der Waals surface area contributed by atoms with Crippen LogP contribution in [0.4, 0.5) is 0 Å². The Kier molecular flexibility index (Phi) is 4.51. The van der Waals surface area contributed by atoms with Gasteiger partial charge in [-0.3, -0.25) is 9.89 Å². The van der Waals surface area contributed by atoms with E-state index in [1.165, 1.54) is 4.90 Å². The van der Waals surface area contributed by atoms with E-state index in [2.05, 4.69) is 15.2 Å². The third kappa shape index (κ3) is 4.04. The van der Waals surface area contributed by atoms with Gasteiger partial charge in [0.1, 0.15) is 11.6 Å². The molecule has 0 radical (unpaired) electrons. The van der Waals surface area contributed by atoms with Gasteiger partial charge in [-0.05, 0) is 31.2 Å². The zero-order valence-corrected chi connectivity index (χ0v) is 11.8. The molecule has 0 bridgehead atoms. The number of ether oxygens (including phenoxy) is 1. The summed E-state index contributed by atoms with van der Waals surface area (Å²) in [4.78, 5) is 17.6. The molecule has 7 nitrogen and oxygen atoms in total. The molecule has 0 atom stereocenters. The average molecular weight is 285 g/mol. The summed E-state index contributed by atoms with van der Waals surface area (Å²) >= 11 is 0. The van der Waals surface area contributed by atoms with E-state index in [4.69, 9.17) is 10.00 Å². The van der Waals surface area contributed by atoms with Crippen LogP contribution in [0.25, 0.3) is 0 Å². The molecular formula is C14H15N5O2. The monoisotopic (exact) mass is 285 g/mol. The van der Waals surface area contributed by atoms with Gasteiger partial charge in [-0.15, -0.1) is 0 Å². The lowest BCUT2D eigenvalue weighted by atomic mass is 10.2. The second kappa shape index (κ2) is 6.52. The van der Waals surface area contributed by atoms with Crippen LogP contribution in [0.5, 0.6) is 5.75 Å². The Balaban J connectivity index is 1.84. The van der Waals surface area contributed by atoms with Crippen molar-refractivity contribution in [3.63, 3.8) is 0 Å². The molecule has 1 amide bonds. The van der Waals surface area contributed by atoms with Crippen LogP contribution in [-0.4, -0.2) is 39.6 Å². The van der Waals surface area contributed by atoms with Crippen molar-refractivity contribution in [1.82, 2.24) is 20.1 Å². The number of hydrogen-bond acceptors (Lipinski definition) is 5. The van der Waals surface area contributed by atoms with Crippen LogP contribution in [0.1, 0.15) is 17.2 Å². The minimum atomic E-state index is -0.179. The zero-order chi connectivity index (χ0) is 15.2. The maximum atomic E-state index is 11.9. The average Bonchev–Trinajstić information content (AvgIpc) is 2.90. The highest BCUT2D eigenvalue weighted by atomic mass is 16.5. The highest BCUT2D eigenvalue weighted by Crippen LogP contribution is 2.11. The van der Waals surface area contributed by atoms with Gasteiger partial charge in [0.2, 0.25) is 0 Å². The Morgan fingerprint density at radius 2 is 2.14 bits per heavy atom. The van der Waals surface area contributed by atoms with Crippen molar-refractivity contribution in [1.29, 1.82) is 5.26 Å². The number of rotatable bonds is 5. The number of hydrogen-bond donors (Lipinski definition) is 1. The van der Waals surface area contributed by atoms with Gasteiger partial charge in [-0.25, -0.2) is 4.98 Å². The predicted molar refractivity (Wildman–Crippen MR) is 74.2 cm³/mol. The SMILES string of the molecule is Cc1nc(CN(C)C(=O)COc2ccc(C#N)cc2)n[nH]1. The largest absolute Gasteiger partial charge is 0.484 e. The number of carbonyl (C=O) groups is 1. The molecule has 0 aliphatic heterocycles. The minimum absolute atomic E-state index is 0.0776. The zero-order valence-electron chi connectivity index (χ0n) is 11.8. The number of carbonyl (C=O) groups excluding carboxylic acids is 1. The van der Waals surface area contributed by atoms with Crippen LogP contribution < -0.4 is 4.74 Å². The van der Waals surface area contributed by atoms with Crippen molar-refractivity contribution < 1.29 is 9.53 Å². The van der Waals surface area contributed by atoms with Crippen LogP contribution in [0.3, 0.4) is 0 Å². The van der Waals surface area contributed by atoms with Crippen LogP contribution in [0.15, 0.2) is 24.3 Å². The molecule has 1 aromatic carbocycles. The summed E-state index contributed by atoms with van der Waals surface area (Å²) in [6.45, 7) is 2.04. The Morgan fingerprint density at radius 3 is 2.71 bits per heavy atom. The van der Waals surface area contributed by atoms with Gasteiger partial charge in [0.15, 0.2) is 12.4 Å². The fourth-order valence-corrected chi connectivity index (χ4v) is 1.64. The number of nitrogens with zero attached hydrogens (tertiary/aromatic N) is 4. The molecule has 0 fully saturated rings. The van der Waals surface area contributed by atoms with Crippen LogP contribution in [-0.2, 0) is 11.3 Å². The van der Waals surface area contributed by atoms with E-state index in [1.807, 2.05) is 6.07 Å². The Bertz CT molecular complexity index is 657. The van der Waals surface area contributed by atoms with Gasteiger partial charge in [-0.1, -0.05) is 0 Å². The minimum Gasteiger partial charge on any atom is -0.484 e. The van der Waals surface area contributed by atoms with E-state index in [1.54, 1.807) is 38.2 Å². The molecule has 108 valence electrons. The summed E-state index contributed by atoms with van der Waals surface area (Å²) in [6.07, 6.45) is 0. The topological polar surface area (TPSA) is 94.9 Å². The summed E-state index contributed by atoms with van der Waals surface area (Å²) in [5, 5.41) is 15.4. The number of aromatic nitrogens is 3. The van der Waals surface area contributed by atoms with Gasteiger partial charge in [0.25, 0.3) is 5.91 Å². The number of likely N-dealkylation sites (N-methyl/N-ethyl adjacent to an activating group) is 1. The fourth-order valence-electron chi connectivity index (χ4n) is 1.64. The number of amides is 1. The molecule has 21 heavy (non-hydrogen) atoms. The van der Waals surface area contributed by atoms with E-state index >= 15 is 0 Å². The number of nitrogens with one attached hydrogen (secondary N) is 1. The number of aromatic amines is 1. The quantitative estimate of drug-likeness (QED) is 0.885. The summed E-state index contributed by atoms with van der Waals surface area (Å²) in [5.41, 5.74) is 0.547. The van der Waals surface area contributed by atoms with E-state index in [-0.39, 0.29) is 12.5 Å². The van der Waals surface area contributed by atoms with Crippen molar-refractivity contribution in [3.8, 4) is 11.8 Å². The van der Waals surface area contributed by atoms with Crippen molar-refractivity contribution in [2.75, 3.05) is 13.7 Å². The van der Waals surface area contributed by atoms with E-state index in [0.717, 1.165) is 0 Å². The van der Waals surface area contributed by atoms with Crippen molar-refractivity contribution >= 4 is 5.91 Å². The summed E-state index contributed by atoms with van der Waals surface area (Å²) in [5.74, 6) is 1.63. The molecule has 0 saturated heterocycles. The van der Waals surface area contributed by atoms with Crippen molar-refractivity contribution in [3.05, 3.63) is 41.5 Å². The third-order valence-corrected chi connectivity index (χ3v) is 2.79. The molecule has 0 aliphatic rings. The molecule has 7 heteroatoms. The molecule has 2 rings (SSSR count). The lowest BCUT2D eigenvalue weighted by Crippen LogP contribution is -2.31. The predicted octanol–water partition coefficient (Wildman–Crippen LogP) is 1.02. The smallest absolute Gasteiger partial charge is 0.260 e. The molecule has 1 aromatic heterocycles. The maximum absolute atomic E-state index is 11.9. The number of nitriles is 1. The first-order valence-electron chi connectivity index (χ1n) is 6.33. The van der Waals surface area contributed by atoms with E-state index in [0.29, 0.717) is 29.5 Å². The van der Waals surface area contributed by atoms with Gasteiger partial charge < -0.3 is 9.64 Å². The Labute approximate surface area is 122 Å². The molecule has 0 spiro atoms. The van der Waals surface area contributed by atoms with Gasteiger partial charge >= 0.3 is 0 Å². The summed E-state index contributed by atoms with van der Waals surface area (Å²) in [6, 6.07) is 8.61. The molecule has 0 saturated carbocycles. The summed E-state index contributed by atoms with van der Waals surface area (Å²) in [7, 11) is 1.66. The molecule has 1 N–H and O–H groups in total. The Morgan fingerprint density at radius 1 is 1.43 bits per heavy atom. The van der Waals surface area contributed by atoms with Crippen LogP contribution in [0.2, 0.25) is 0 Å². The number of aryl methyl sites for hydroxylation is 1. The third-order valence-electron chi connectivity index (χ3n) is 2.79. The van der Waals surface area contributed by atoms with Crippen LogP contribution in [0, 0.1) is 18.3 Å². The van der Waals surface area contributed by atoms with Crippen molar-refractivity contribution in [2.24, 2.45) is 0 Å². The Hall–Kier alpha value is -2.88. The first kappa shape index (κ1) is 14.5. The van der Waals surface area contributed by atoms with Gasteiger partial charge in [-0.2, -0.15) is 10.4 Å². The van der Waals surface area contributed by atoms with Crippen molar-refractivity contribution in [2.45, 2.75) is 13.5 Å². The highest BCUT2D eigenvalue weighted by Gasteiger charge is 2.12. The molecule has 1 heterocycles. The molecule has 0 aliphatic carbocycles. The number of H-pyrrole nitrogens is 1. The van der Waals surface area contributed by atoms with Gasteiger partial charge in [0, 0.05) is 7.05 Å². The lowest BCUT2D eigenvalue weighted by molar-refractivity contribution is -0.132. The van der Waals surface area contributed by atoms with Gasteiger partial charge in [0.05, 0.1) is 18.2 Å². The first-order valence-corrected chi connectivity index (χ1v) is 6.33. The summed E-state index contributed by atoms with van der Waals surface area (Å²) < 4.78 is 5.38. The first-order chi connectivity index (χ1) is 10.1. The molecule has 2 aromatic rings. The lowest BCUT2D eigenvalue weighted by Gasteiger charge is -2.15. The van der Waals surface area contributed by atoms with Crippen LogP contribution >= 0.6 is 0 Å². The maximum Gasteiger partial charge on any atom is 0.260 e. The van der Waals surface area contributed by atoms with E-state index in [9.17, 15) is 4.79 Å². The standard InChI is InChI=1S/C14H15N5O2/c1-10-16-13(18-17-10)8-19(2)14(20)9-21-12-5-3-11(7-15)4-6-12/h3-6H,8-9H2,1-2H3,(H,16,17,18). The highest BCUT2D eigenvalue weighted by molar-refractivity contribution is 5.77. The molecule has 0 unspecified atom stereocenters. The van der Waals surface area contributed by atoms with E-state index < -0.39 is 0 Å². The normalized spacial score (nSPS) is 9.95. The number of benzene rings is 1. The second-order valence-corrected chi connectivity index (χ2v) is 4.51.